The molecule has 98 valence electrons. The lowest BCUT2D eigenvalue weighted by molar-refractivity contribution is -0.137. The van der Waals surface area contributed by atoms with Gasteiger partial charge in [-0.05, 0) is 44.2 Å². The van der Waals surface area contributed by atoms with Crippen molar-refractivity contribution in [1.29, 1.82) is 0 Å². The maximum absolute atomic E-state index is 12.0. The molecule has 0 radical (unpaired) electrons. The Morgan fingerprint density at radius 2 is 2.17 bits per heavy atom. The van der Waals surface area contributed by atoms with Crippen LogP contribution in [0.2, 0.25) is 0 Å². The lowest BCUT2D eigenvalue weighted by Gasteiger charge is -2.15. The van der Waals surface area contributed by atoms with Gasteiger partial charge in [-0.2, -0.15) is 0 Å². The molecule has 18 heavy (non-hydrogen) atoms. The molecule has 1 aromatic heterocycles. The van der Waals surface area contributed by atoms with Gasteiger partial charge in [-0.1, -0.05) is 0 Å². The fraction of sp³-hybridized carbons (Fsp3) is 0.538. The van der Waals surface area contributed by atoms with Gasteiger partial charge in [-0.25, -0.2) is 0 Å². The van der Waals surface area contributed by atoms with E-state index in [0.717, 1.165) is 23.3 Å². The molecular weight excluding hydrogens is 250 g/mol. The lowest BCUT2D eigenvalue weighted by Crippen LogP contribution is -2.37. The predicted molar refractivity (Wildman–Crippen MR) is 70.0 cm³/mol. The molecule has 0 saturated heterocycles. The highest BCUT2D eigenvalue weighted by atomic mass is 32.1. The van der Waals surface area contributed by atoms with Crippen LogP contribution >= 0.6 is 11.3 Å². The normalized spacial score (nSPS) is 16.3. The number of aliphatic carboxylic acids is 1. The molecule has 4 nitrogen and oxygen atoms in total. The van der Waals surface area contributed by atoms with Gasteiger partial charge < -0.3 is 10.4 Å². The smallest absolute Gasteiger partial charge is 0.305 e. The Labute approximate surface area is 110 Å². The highest BCUT2D eigenvalue weighted by molar-refractivity contribution is 7.14. The van der Waals surface area contributed by atoms with Crippen molar-refractivity contribution in [3.05, 3.63) is 21.4 Å². The van der Waals surface area contributed by atoms with Crippen LogP contribution in [0.15, 0.2) is 6.07 Å². The molecular formula is C13H17NO3S. The van der Waals surface area contributed by atoms with E-state index < -0.39 is 5.97 Å². The second kappa shape index (κ2) is 5.10. The van der Waals surface area contributed by atoms with Crippen molar-refractivity contribution in [1.82, 2.24) is 5.32 Å². The van der Waals surface area contributed by atoms with Crippen LogP contribution in [-0.4, -0.2) is 23.0 Å². The molecule has 1 amide bonds. The van der Waals surface area contributed by atoms with Gasteiger partial charge in [0.05, 0.1) is 11.3 Å². The Kier molecular flexibility index (Phi) is 3.71. The van der Waals surface area contributed by atoms with E-state index in [1.165, 1.54) is 11.3 Å². The predicted octanol–water partition coefficient (Wildman–Crippen LogP) is 2.35. The quantitative estimate of drug-likeness (QED) is 0.860. The number of rotatable bonds is 5. The Morgan fingerprint density at radius 3 is 2.61 bits per heavy atom. The van der Waals surface area contributed by atoms with Crippen molar-refractivity contribution in [3.63, 3.8) is 0 Å². The number of hydrogen-bond donors (Lipinski definition) is 2. The zero-order valence-electron chi connectivity index (χ0n) is 10.5. The van der Waals surface area contributed by atoms with Crippen molar-refractivity contribution in [2.45, 2.75) is 39.2 Å². The Hall–Kier alpha value is -1.36. The van der Waals surface area contributed by atoms with Crippen LogP contribution in [0.25, 0.3) is 0 Å². The molecule has 1 fully saturated rings. The first kappa shape index (κ1) is 13.1. The van der Waals surface area contributed by atoms with Gasteiger partial charge in [0.25, 0.3) is 5.91 Å². The van der Waals surface area contributed by atoms with Crippen molar-refractivity contribution < 1.29 is 14.7 Å². The van der Waals surface area contributed by atoms with Gasteiger partial charge in [0.2, 0.25) is 0 Å². The van der Waals surface area contributed by atoms with Gasteiger partial charge in [0, 0.05) is 10.9 Å². The van der Waals surface area contributed by atoms with Gasteiger partial charge >= 0.3 is 5.97 Å². The van der Waals surface area contributed by atoms with Crippen LogP contribution in [-0.2, 0) is 4.79 Å². The minimum atomic E-state index is -0.856. The molecule has 1 unspecified atom stereocenters. The summed E-state index contributed by atoms with van der Waals surface area (Å²) in [6, 6.07) is 1.64. The van der Waals surface area contributed by atoms with E-state index in [-0.39, 0.29) is 18.4 Å². The summed E-state index contributed by atoms with van der Waals surface area (Å²) in [5.41, 5.74) is 1.10. The molecule has 0 aliphatic heterocycles. The largest absolute Gasteiger partial charge is 0.481 e. The molecule has 2 rings (SSSR count). The Bertz CT molecular complexity index is 457. The van der Waals surface area contributed by atoms with Crippen molar-refractivity contribution in [2.75, 3.05) is 0 Å². The molecule has 1 heterocycles. The van der Waals surface area contributed by atoms with Crippen molar-refractivity contribution >= 4 is 23.2 Å². The van der Waals surface area contributed by atoms with Crippen LogP contribution < -0.4 is 5.32 Å². The average Bonchev–Trinajstić information content (AvgIpc) is 3.05. The van der Waals surface area contributed by atoms with Gasteiger partial charge in [-0.3, -0.25) is 9.59 Å². The van der Waals surface area contributed by atoms with Gasteiger partial charge in [-0.15, -0.1) is 11.3 Å². The minimum absolute atomic E-state index is 0.0136. The number of carboxylic acids is 1. The van der Waals surface area contributed by atoms with E-state index in [9.17, 15) is 9.59 Å². The first-order valence-electron chi connectivity index (χ1n) is 6.07. The van der Waals surface area contributed by atoms with Crippen molar-refractivity contribution in [3.8, 4) is 0 Å². The summed E-state index contributed by atoms with van der Waals surface area (Å²) in [5, 5.41) is 11.7. The van der Waals surface area contributed by atoms with E-state index >= 15 is 0 Å². The summed E-state index contributed by atoms with van der Waals surface area (Å²) in [4.78, 5) is 24.6. The molecule has 1 aliphatic rings. The first-order chi connectivity index (χ1) is 8.47. The molecule has 1 saturated carbocycles. The summed E-state index contributed by atoms with van der Waals surface area (Å²) in [7, 11) is 0. The van der Waals surface area contributed by atoms with Crippen LogP contribution in [0, 0.1) is 19.8 Å². The second-order valence-corrected chi connectivity index (χ2v) is 6.12. The zero-order valence-corrected chi connectivity index (χ0v) is 11.3. The molecule has 1 aromatic rings. The molecule has 1 atom stereocenters. The number of nitrogens with one attached hydrogen (secondary N) is 1. The molecule has 2 N–H and O–H groups in total. The third-order valence-corrected chi connectivity index (χ3v) is 4.44. The third-order valence-electron chi connectivity index (χ3n) is 3.29. The average molecular weight is 267 g/mol. The summed E-state index contributed by atoms with van der Waals surface area (Å²) in [6.45, 7) is 3.95. The SMILES string of the molecule is Cc1cc(C(=O)NC(CC(=O)O)C2CC2)sc1C. The van der Waals surface area contributed by atoms with Crippen LogP contribution in [0.5, 0.6) is 0 Å². The van der Waals surface area contributed by atoms with Crippen LogP contribution in [0.4, 0.5) is 0 Å². The highest BCUT2D eigenvalue weighted by Crippen LogP contribution is 2.34. The number of carboxylic acid groups (broad SMARTS) is 1. The third kappa shape index (κ3) is 3.10. The van der Waals surface area contributed by atoms with Crippen LogP contribution in [0.3, 0.4) is 0 Å². The standard InChI is InChI=1S/C13H17NO3S/c1-7-5-11(18-8(7)2)13(17)14-10(6-12(15)16)9-3-4-9/h5,9-10H,3-4,6H2,1-2H3,(H,14,17)(H,15,16). The number of hydrogen-bond acceptors (Lipinski definition) is 3. The number of thiophene rings is 1. The molecule has 0 spiro atoms. The van der Waals surface area contributed by atoms with E-state index in [1.54, 1.807) is 0 Å². The van der Waals surface area contributed by atoms with Crippen LogP contribution in [0.1, 0.15) is 39.4 Å². The zero-order chi connectivity index (χ0) is 13.3. The first-order valence-corrected chi connectivity index (χ1v) is 6.88. The summed E-state index contributed by atoms with van der Waals surface area (Å²) in [6.07, 6.45) is 2.04. The summed E-state index contributed by atoms with van der Waals surface area (Å²) in [5.74, 6) is -0.660. The fourth-order valence-electron chi connectivity index (χ4n) is 1.95. The lowest BCUT2D eigenvalue weighted by atomic mass is 10.1. The molecule has 0 bridgehead atoms. The maximum atomic E-state index is 12.0. The second-order valence-electron chi connectivity index (χ2n) is 4.87. The number of amides is 1. The molecule has 1 aliphatic carbocycles. The van der Waals surface area contributed by atoms with E-state index in [2.05, 4.69) is 5.32 Å². The summed E-state index contributed by atoms with van der Waals surface area (Å²) >= 11 is 1.46. The van der Waals surface area contributed by atoms with E-state index in [1.807, 2.05) is 19.9 Å². The van der Waals surface area contributed by atoms with Crippen molar-refractivity contribution in [2.24, 2.45) is 5.92 Å². The number of carbonyl (C=O) groups is 2. The highest BCUT2D eigenvalue weighted by Gasteiger charge is 2.34. The van der Waals surface area contributed by atoms with E-state index in [4.69, 9.17) is 5.11 Å². The molecule has 5 heteroatoms. The van der Waals surface area contributed by atoms with Gasteiger partial charge in [0.15, 0.2) is 0 Å². The number of aryl methyl sites for hydroxylation is 2. The number of carbonyl (C=O) groups excluding carboxylic acids is 1. The van der Waals surface area contributed by atoms with E-state index in [0.29, 0.717) is 10.8 Å². The molecule has 0 aromatic carbocycles. The minimum Gasteiger partial charge on any atom is -0.481 e. The fourth-order valence-corrected chi connectivity index (χ4v) is 2.88. The Morgan fingerprint density at radius 1 is 1.50 bits per heavy atom. The monoisotopic (exact) mass is 267 g/mol. The summed E-state index contributed by atoms with van der Waals surface area (Å²) < 4.78 is 0. The maximum Gasteiger partial charge on any atom is 0.305 e. The Balaban J connectivity index is 2.02. The van der Waals surface area contributed by atoms with Gasteiger partial charge in [0.1, 0.15) is 0 Å². The topological polar surface area (TPSA) is 66.4 Å².